The highest BCUT2D eigenvalue weighted by Crippen LogP contribution is 2.07. The predicted octanol–water partition coefficient (Wildman–Crippen LogP) is 3.30. The van der Waals surface area contributed by atoms with Gasteiger partial charge in [-0.25, -0.2) is 0 Å². The van der Waals surface area contributed by atoms with E-state index in [0.29, 0.717) is 0 Å². The normalized spacial score (nSPS) is 14.1. The molecular formula is C14H20BrNO. The van der Waals surface area contributed by atoms with E-state index < -0.39 is 0 Å². The van der Waals surface area contributed by atoms with Gasteiger partial charge in [-0.2, -0.15) is 0 Å². The van der Waals surface area contributed by atoms with Crippen molar-refractivity contribution in [1.82, 2.24) is 5.32 Å². The van der Waals surface area contributed by atoms with E-state index in [1.54, 1.807) is 0 Å². The number of alkyl halides is 1. The average molecular weight is 298 g/mol. The van der Waals surface area contributed by atoms with Gasteiger partial charge < -0.3 is 5.32 Å². The molecule has 1 amide bonds. The molecule has 2 unspecified atom stereocenters. The summed E-state index contributed by atoms with van der Waals surface area (Å²) < 4.78 is 0. The molecule has 0 aromatic heterocycles. The van der Waals surface area contributed by atoms with Crippen molar-refractivity contribution < 1.29 is 4.79 Å². The lowest BCUT2D eigenvalue weighted by Crippen LogP contribution is -2.37. The molecule has 17 heavy (non-hydrogen) atoms. The summed E-state index contributed by atoms with van der Waals surface area (Å²) in [5.74, 6) is 0.0908. The summed E-state index contributed by atoms with van der Waals surface area (Å²) in [6.45, 7) is 4.05. The number of hydrogen-bond acceptors (Lipinski definition) is 1. The summed E-state index contributed by atoms with van der Waals surface area (Å²) in [6.07, 6.45) is 2.79. The summed E-state index contributed by atoms with van der Waals surface area (Å²) in [4.78, 5) is 11.6. The third-order valence-corrected chi connectivity index (χ3v) is 3.80. The molecule has 1 rings (SSSR count). The van der Waals surface area contributed by atoms with Crippen LogP contribution >= 0.6 is 15.9 Å². The zero-order valence-corrected chi connectivity index (χ0v) is 12.0. The fourth-order valence-corrected chi connectivity index (χ4v) is 1.75. The van der Waals surface area contributed by atoms with Crippen molar-refractivity contribution in [2.24, 2.45) is 0 Å². The Morgan fingerprint density at radius 3 is 2.59 bits per heavy atom. The van der Waals surface area contributed by atoms with Crippen LogP contribution in [-0.2, 0) is 11.2 Å². The number of carbonyl (C=O) groups excluding carboxylic acids is 1. The molecule has 0 aliphatic heterocycles. The van der Waals surface area contributed by atoms with Gasteiger partial charge in [0.15, 0.2) is 0 Å². The second kappa shape index (κ2) is 7.49. The molecule has 0 fully saturated rings. The van der Waals surface area contributed by atoms with Gasteiger partial charge in [0.05, 0.1) is 4.83 Å². The maximum atomic E-state index is 11.6. The van der Waals surface area contributed by atoms with Gasteiger partial charge in [0.2, 0.25) is 5.91 Å². The van der Waals surface area contributed by atoms with Crippen LogP contribution in [0.1, 0.15) is 32.3 Å². The van der Waals surface area contributed by atoms with Crippen molar-refractivity contribution in [3.8, 4) is 0 Å². The Kier molecular flexibility index (Phi) is 6.27. The Morgan fingerprint density at radius 2 is 2.00 bits per heavy atom. The summed E-state index contributed by atoms with van der Waals surface area (Å²) >= 11 is 3.35. The largest absolute Gasteiger partial charge is 0.353 e. The molecule has 1 aromatic rings. The number of aryl methyl sites for hydroxylation is 1. The molecule has 94 valence electrons. The first-order valence-electron chi connectivity index (χ1n) is 6.11. The number of carbonyl (C=O) groups is 1. The highest BCUT2D eigenvalue weighted by molar-refractivity contribution is 9.10. The van der Waals surface area contributed by atoms with Crippen LogP contribution < -0.4 is 5.32 Å². The van der Waals surface area contributed by atoms with Crippen molar-refractivity contribution in [3.63, 3.8) is 0 Å². The Bertz CT molecular complexity index is 339. The maximum Gasteiger partial charge on any atom is 0.233 e. The molecule has 1 aromatic carbocycles. The third kappa shape index (κ3) is 5.35. The molecule has 0 bridgehead atoms. The number of hydrogen-bond donors (Lipinski definition) is 1. The zero-order valence-electron chi connectivity index (χ0n) is 10.4. The van der Waals surface area contributed by atoms with E-state index in [0.717, 1.165) is 19.3 Å². The lowest BCUT2D eigenvalue weighted by Gasteiger charge is -2.15. The van der Waals surface area contributed by atoms with Gasteiger partial charge in [-0.15, -0.1) is 0 Å². The fourth-order valence-electron chi connectivity index (χ4n) is 1.62. The van der Waals surface area contributed by atoms with Crippen LogP contribution in [0.2, 0.25) is 0 Å². The van der Waals surface area contributed by atoms with Crippen LogP contribution in [0.4, 0.5) is 0 Å². The van der Waals surface area contributed by atoms with Crippen LogP contribution in [-0.4, -0.2) is 16.8 Å². The molecule has 2 nitrogen and oxygen atoms in total. The Hall–Kier alpha value is -0.830. The van der Waals surface area contributed by atoms with Gasteiger partial charge in [0.25, 0.3) is 0 Å². The molecule has 0 radical (unpaired) electrons. The van der Waals surface area contributed by atoms with Gasteiger partial charge in [0.1, 0.15) is 0 Å². The minimum Gasteiger partial charge on any atom is -0.353 e. The number of amides is 1. The Balaban J connectivity index is 2.30. The SMILES string of the molecule is CCC(Br)C(=O)NC(C)CCc1ccccc1. The van der Waals surface area contributed by atoms with Crippen molar-refractivity contribution in [2.45, 2.75) is 44.0 Å². The van der Waals surface area contributed by atoms with E-state index in [-0.39, 0.29) is 16.8 Å². The first kappa shape index (κ1) is 14.2. The number of halogens is 1. The molecular weight excluding hydrogens is 278 g/mol. The number of benzene rings is 1. The number of rotatable bonds is 6. The van der Waals surface area contributed by atoms with E-state index in [2.05, 4.69) is 40.3 Å². The van der Waals surface area contributed by atoms with Gasteiger partial charge >= 0.3 is 0 Å². The van der Waals surface area contributed by atoms with Crippen molar-refractivity contribution in [1.29, 1.82) is 0 Å². The van der Waals surface area contributed by atoms with Crippen molar-refractivity contribution in [3.05, 3.63) is 35.9 Å². The summed E-state index contributed by atoms with van der Waals surface area (Å²) in [7, 11) is 0. The number of nitrogens with one attached hydrogen (secondary N) is 1. The van der Waals surface area contributed by atoms with Crippen LogP contribution in [0, 0.1) is 0 Å². The van der Waals surface area contributed by atoms with E-state index in [1.807, 2.05) is 25.1 Å². The van der Waals surface area contributed by atoms with Crippen LogP contribution in [0.25, 0.3) is 0 Å². The summed E-state index contributed by atoms with van der Waals surface area (Å²) in [6, 6.07) is 10.6. The highest BCUT2D eigenvalue weighted by atomic mass is 79.9. The summed E-state index contributed by atoms with van der Waals surface area (Å²) in [5, 5.41) is 3.02. The van der Waals surface area contributed by atoms with E-state index in [4.69, 9.17) is 0 Å². The standard InChI is InChI=1S/C14H20BrNO/c1-3-13(15)14(17)16-11(2)9-10-12-7-5-4-6-8-12/h4-8,11,13H,3,9-10H2,1-2H3,(H,16,17). The quantitative estimate of drug-likeness (QED) is 0.802. The van der Waals surface area contributed by atoms with Gasteiger partial charge in [-0.1, -0.05) is 53.2 Å². The van der Waals surface area contributed by atoms with E-state index in [1.165, 1.54) is 5.56 Å². The van der Waals surface area contributed by atoms with Crippen molar-refractivity contribution >= 4 is 21.8 Å². The average Bonchev–Trinajstić information content (AvgIpc) is 2.36. The van der Waals surface area contributed by atoms with E-state index in [9.17, 15) is 4.79 Å². The molecule has 0 heterocycles. The smallest absolute Gasteiger partial charge is 0.233 e. The molecule has 3 heteroatoms. The molecule has 2 atom stereocenters. The van der Waals surface area contributed by atoms with Crippen molar-refractivity contribution in [2.75, 3.05) is 0 Å². The Labute approximate surface area is 112 Å². The topological polar surface area (TPSA) is 29.1 Å². The van der Waals surface area contributed by atoms with Gasteiger partial charge in [-0.3, -0.25) is 4.79 Å². The predicted molar refractivity (Wildman–Crippen MR) is 75.4 cm³/mol. The second-order valence-electron chi connectivity index (χ2n) is 4.31. The maximum absolute atomic E-state index is 11.6. The van der Waals surface area contributed by atoms with Crippen LogP contribution in [0.15, 0.2) is 30.3 Å². The minimum atomic E-state index is -0.0679. The highest BCUT2D eigenvalue weighted by Gasteiger charge is 2.14. The molecule has 0 aliphatic rings. The van der Waals surface area contributed by atoms with Crippen LogP contribution in [0.5, 0.6) is 0 Å². The minimum absolute atomic E-state index is 0.0679. The molecule has 1 N–H and O–H groups in total. The van der Waals surface area contributed by atoms with Crippen LogP contribution in [0.3, 0.4) is 0 Å². The Morgan fingerprint density at radius 1 is 1.35 bits per heavy atom. The molecule has 0 spiro atoms. The third-order valence-electron chi connectivity index (χ3n) is 2.74. The monoisotopic (exact) mass is 297 g/mol. The first-order valence-corrected chi connectivity index (χ1v) is 7.03. The lowest BCUT2D eigenvalue weighted by molar-refractivity contribution is -0.121. The molecule has 0 saturated carbocycles. The van der Waals surface area contributed by atoms with Gasteiger partial charge in [-0.05, 0) is 31.7 Å². The van der Waals surface area contributed by atoms with E-state index >= 15 is 0 Å². The first-order chi connectivity index (χ1) is 8.13. The fraction of sp³-hybridized carbons (Fsp3) is 0.500. The summed E-state index contributed by atoms with van der Waals surface area (Å²) in [5.41, 5.74) is 1.32. The molecule has 0 saturated heterocycles. The second-order valence-corrected chi connectivity index (χ2v) is 5.42. The lowest BCUT2D eigenvalue weighted by atomic mass is 10.1. The van der Waals surface area contributed by atoms with Gasteiger partial charge in [0, 0.05) is 6.04 Å². The molecule has 0 aliphatic carbocycles. The zero-order chi connectivity index (χ0) is 12.7.